The number of allylic oxidation sites excluding steroid dienone is 1. The highest BCUT2D eigenvalue weighted by molar-refractivity contribution is 4.88. The molecular weight excluding hydrogens is 169 g/mol. The van der Waals surface area contributed by atoms with Gasteiger partial charge in [-0.15, -0.1) is 6.58 Å². The van der Waals surface area contributed by atoms with Crippen LogP contribution in [0.5, 0.6) is 0 Å². The molecule has 0 rings (SSSR count). The molecular formula is C8H13F3O. The Morgan fingerprint density at radius 2 is 1.83 bits per heavy atom. The van der Waals surface area contributed by atoms with E-state index in [1.54, 1.807) is 0 Å². The molecule has 0 aromatic carbocycles. The number of alkyl halides is 3. The summed E-state index contributed by atoms with van der Waals surface area (Å²) in [5, 5.41) is 8.87. The van der Waals surface area contributed by atoms with Crippen LogP contribution in [-0.4, -0.2) is 17.4 Å². The summed E-state index contributed by atoms with van der Waals surface area (Å²) >= 11 is 0. The van der Waals surface area contributed by atoms with Crippen LogP contribution in [0.1, 0.15) is 20.3 Å². The molecule has 0 aromatic rings. The number of rotatable bonds is 3. The molecule has 0 saturated carbocycles. The standard InChI is InChI=1S/C8H13F3O/c1-4-5-7(2,3)6(12)8(9,10)11/h4,6,12H,1,5H2,2-3H3. The highest BCUT2D eigenvalue weighted by Crippen LogP contribution is 2.36. The molecule has 0 amide bonds. The molecule has 1 atom stereocenters. The summed E-state index contributed by atoms with van der Waals surface area (Å²) in [7, 11) is 0. The van der Waals surface area contributed by atoms with Crippen molar-refractivity contribution in [2.24, 2.45) is 5.41 Å². The maximum Gasteiger partial charge on any atom is 0.414 e. The van der Waals surface area contributed by atoms with Crippen LogP contribution in [-0.2, 0) is 0 Å². The molecule has 0 fully saturated rings. The molecule has 0 bridgehead atoms. The third-order valence-electron chi connectivity index (χ3n) is 1.72. The second-order valence-corrected chi connectivity index (χ2v) is 3.43. The highest BCUT2D eigenvalue weighted by Gasteiger charge is 2.47. The van der Waals surface area contributed by atoms with Gasteiger partial charge in [0.25, 0.3) is 0 Å². The zero-order chi connectivity index (χ0) is 9.99. The molecule has 4 heteroatoms. The van der Waals surface area contributed by atoms with Crippen LogP contribution in [0.2, 0.25) is 0 Å². The lowest BCUT2D eigenvalue weighted by Crippen LogP contribution is -2.41. The maximum atomic E-state index is 12.0. The van der Waals surface area contributed by atoms with Crippen molar-refractivity contribution in [2.75, 3.05) is 0 Å². The molecule has 12 heavy (non-hydrogen) atoms. The second kappa shape index (κ2) is 3.47. The Balaban J connectivity index is 4.44. The number of halogens is 3. The van der Waals surface area contributed by atoms with Crippen molar-refractivity contribution in [2.45, 2.75) is 32.5 Å². The van der Waals surface area contributed by atoms with E-state index < -0.39 is 17.7 Å². The highest BCUT2D eigenvalue weighted by atomic mass is 19.4. The normalized spacial score (nSPS) is 15.8. The van der Waals surface area contributed by atoms with E-state index in [1.807, 2.05) is 0 Å². The van der Waals surface area contributed by atoms with Gasteiger partial charge in [0.15, 0.2) is 6.10 Å². The lowest BCUT2D eigenvalue weighted by molar-refractivity contribution is -0.233. The number of aliphatic hydroxyl groups excluding tert-OH is 1. The van der Waals surface area contributed by atoms with Crippen molar-refractivity contribution < 1.29 is 18.3 Å². The molecule has 0 aromatic heterocycles. The minimum absolute atomic E-state index is 0.133. The molecule has 0 aliphatic heterocycles. The van der Waals surface area contributed by atoms with Gasteiger partial charge in [0, 0.05) is 5.41 Å². The molecule has 0 spiro atoms. The van der Waals surface area contributed by atoms with Crippen LogP contribution < -0.4 is 0 Å². The average Bonchev–Trinajstić information content (AvgIpc) is 1.84. The molecule has 0 radical (unpaired) electrons. The Bertz CT molecular complexity index is 160. The Kier molecular flexibility index (Phi) is 3.33. The van der Waals surface area contributed by atoms with Crippen LogP contribution in [0.25, 0.3) is 0 Å². The molecule has 72 valence electrons. The predicted octanol–water partition coefficient (Wildman–Crippen LogP) is 2.51. The van der Waals surface area contributed by atoms with Gasteiger partial charge in [0.2, 0.25) is 0 Å². The summed E-state index contributed by atoms with van der Waals surface area (Å²) in [5.41, 5.74) is -1.19. The summed E-state index contributed by atoms with van der Waals surface area (Å²) in [6.45, 7) is 6.04. The van der Waals surface area contributed by atoms with Crippen molar-refractivity contribution in [3.63, 3.8) is 0 Å². The fraction of sp³-hybridized carbons (Fsp3) is 0.750. The molecule has 0 aliphatic rings. The van der Waals surface area contributed by atoms with Crippen LogP contribution >= 0.6 is 0 Å². The zero-order valence-corrected chi connectivity index (χ0v) is 7.15. The van der Waals surface area contributed by atoms with E-state index in [9.17, 15) is 13.2 Å². The van der Waals surface area contributed by atoms with Crippen molar-refractivity contribution in [3.8, 4) is 0 Å². The summed E-state index contributed by atoms with van der Waals surface area (Å²) in [5.74, 6) is 0. The van der Waals surface area contributed by atoms with E-state index >= 15 is 0 Å². The third kappa shape index (κ3) is 2.85. The van der Waals surface area contributed by atoms with Crippen molar-refractivity contribution in [1.29, 1.82) is 0 Å². The molecule has 0 aliphatic carbocycles. The average molecular weight is 182 g/mol. The van der Waals surface area contributed by atoms with E-state index in [2.05, 4.69) is 6.58 Å². The quantitative estimate of drug-likeness (QED) is 0.665. The minimum atomic E-state index is -4.55. The molecule has 1 nitrogen and oxygen atoms in total. The largest absolute Gasteiger partial charge is 0.414 e. The van der Waals surface area contributed by atoms with Gasteiger partial charge in [-0.2, -0.15) is 13.2 Å². The fourth-order valence-corrected chi connectivity index (χ4v) is 0.927. The maximum absolute atomic E-state index is 12.0. The summed E-state index contributed by atoms with van der Waals surface area (Å²) < 4.78 is 36.0. The Morgan fingerprint density at radius 1 is 1.42 bits per heavy atom. The van der Waals surface area contributed by atoms with Crippen molar-refractivity contribution in [1.82, 2.24) is 0 Å². The first-order valence-corrected chi connectivity index (χ1v) is 3.57. The van der Waals surface area contributed by atoms with Gasteiger partial charge in [0.1, 0.15) is 0 Å². The Labute approximate surface area is 69.9 Å². The zero-order valence-electron chi connectivity index (χ0n) is 7.15. The van der Waals surface area contributed by atoms with Crippen LogP contribution in [0.15, 0.2) is 12.7 Å². The second-order valence-electron chi connectivity index (χ2n) is 3.43. The molecule has 0 saturated heterocycles. The number of hydrogen-bond acceptors (Lipinski definition) is 1. The third-order valence-corrected chi connectivity index (χ3v) is 1.72. The van der Waals surface area contributed by atoms with Gasteiger partial charge in [-0.05, 0) is 6.42 Å². The Hall–Kier alpha value is -0.510. The predicted molar refractivity (Wildman–Crippen MR) is 40.7 cm³/mol. The van der Waals surface area contributed by atoms with Crippen LogP contribution in [0.4, 0.5) is 13.2 Å². The lowest BCUT2D eigenvalue weighted by Gasteiger charge is -2.30. The fourth-order valence-electron chi connectivity index (χ4n) is 0.927. The van der Waals surface area contributed by atoms with Crippen LogP contribution in [0.3, 0.4) is 0 Å². The Morgan fingerprint density at radius 3 is 2.08 bits per heavy atom. The van der Waals surface area contributed by atoms with E-state index in [0.29, 0.717) is 0 Å². The molecule has 1 unspecified atom stereocenters. The first-order chi connectivity index (χ1) is 5.22. The molecule has 0 heterocycles. The number of aliphatic hydroxyl groups is 1. The van der Waals surface area contributed by atoms with E-state index in [1.165, 1.54) is 19.9 Å². The van der Waals surface area contributed by atoms with Gasteiger partial charge < -0.3 is 5.11 Å². The van der Waals surface area contributed by atoms with Gasteiger partial charge in [0.05, 0.1) is 0 Å². The summed E-state index contributed by atoms with van der Waals surface area (Å²) in [4.78, 5) is 0. The van der Waals surface area contributed by atoms with E-state index in [4.69, 9.17) is 5.11 Å². The SMILES string of the molecule is C=CCC(C)(C)C(O)C(F)(F)F. The lowest BCUT2D eigenvalue weighted by atomic mass is 9.83. The minimum Gasteiger partial charge on any atom is -0.383 e. The van der Waals surface area contributed by atoms with E-state index in [0.717, 1.165) is 0 Å². The van der Waals surface area contributed by atoms with E-state index in [-0.39, 0.29) is 6.42 Å². The van der Waals surface area contributed by atoms with Crippen molar-refractivity contribution >= 4 is 0 Å². The van der Waals surface area contributed by atoms with Gasteiger partial charge >= 0.3 is 6.18 Å². The van der Waals surface area contributed by atoms with Crippen LogP contribution in [0, 0.1) is 5.41 Å². The smallest absolute Gasteiger partial charge is 0.383 e. The van der Waals surface area contributed by atoms with Gasteiger partial charge in [-0.3, -0.25) is 0 Å². The summed E-state index contributed by atoms with van der Waals surface area (Å²) in [6.07, 6.45) is -5.34. The topological polar surface area (TPSA) is 20.2 Å². The number of hydrogen-bond donors (Lipinski definition) is 1. The first kappa shape index (κ1) is 11.5. The van der Waals surface area contributed by atoms with Gasteiger partial charge in [-0.25, -0.2) is 0 Å². The van der Waals surface area contributed by atoms with Gasteiger partial charge in [-0.1, -0.05) is 19.9 Å². The van der Waals surface area contributed by atoms with Crippen molar-refractivity contribution in [3.05, 3.63) is 12.7 Å². The first-order valence-electron chi connectivity index (χ1n) is 3.57. The monoisotopic (exact) mass is 182 g/mol. The molecule has 1 N–H and O–H groups in total. The summed E-state index contributed by atoms with van der Waals surface area (Å²) in [6, 6.07) is 0.